The molecule has 1 saturated heterocycles. The predicted octanol–water partition coefficient (Wildman–Crippen LogP) is 1.16. The summed E-state index contributed by atoms with van der Waals surface area (Å²) in [7, 11) is 1.67. The summed E-state index contributed by atoms with van der Waals surface area (Å²) in [6, 6.07) is 7.30. The summed E-state index contributed by atoms with van der Waals surface area (Å²) in [5.74, 6) is 0.665. The Balaban J connectivity index is 0.00000288. The Morgan fingerprint density at radius 2 is 2.08 bits per heavy atom. The van der Waals surface area contributed by atoms with E-state index in [0.29, 0.717) is 25.3 Å². The minimum absolute atomic E-state index is 0. The molecule has 2 rings (SSSR count). The lowest BCUT2D eigenvalue weighted by atomic mass is 10.2. The molecule has 1 aromatic rings. The molecule has 0 atom stereocenters. The highest BCUT2D eigenvalue weighted by molar-refractivity contribution is 5.94. The van der Waals surface area contributed by atoms with Gasteiger partial charge in [0.25, 0.3) is 5.91 Å². The van der Waals surface area contributed by atoms with Crippen LogP contribution in [0.4, 0.5) is 0 Å². The molecule has 6 nitrogen and oxygen atoms in total. The zero-order valence-corrected chi connectivity index (χ0v) is 15.1. The summed E-state index contributed by atoms with van der Waals surface area (Å²) in [5.41, 5.74) is 0.634. The Bertz CT molecular complexity index is 482. The van der Waals surface area contributed by atoms with Crippen molar-refractivity contribution in [2.45, 2.75) is 6.42 Å². The first kappa shape index (κ1) is 20.7. The van der Waals surface area contributed by atoms with Gasteiger partial charge in [-0.1, -0.05) is 6.07 Å². The second-order valence-electron chi connectivity index (χ2n) is 5.57. The number of ether oxygens (including phenoxy) is 2. The summed E-state index contributed by atoms with van der Waals surface area (Å²) in [5, 5.41) is 6.29. The maximum atomic E-state index is 12.2. The molecule has 0 unspecified atom stereocenters. The van der Waals surface area contributed by atoms with Gasteiger partial charge >= 0.3 is 0 Å². The highest BCUT2D eigenvalue weighted by Gasteiger charge is 2.10. The Morgan fingerprint density at radius 3 is 2.83 bits per heavy atom. The average molecular weight is 358 g/mol. The van der Waals surface area contributed by atoms with Crippen molar-refractivity contribution in [2.75, 3.05) is 59.6 Å². The zero-order chi connectivity index (χ0) is 16.3. The lowest BCUT2D eigenvalue weighted by molar-refractivity contribution is 0.0946. The first-order valence-corrected chi connectivity index (χ1v) is 8.22. The molecule has 1 aromatic carbocycles. The summed E-state index contributed by atoms with van der Waals surface area (Å²) in [4.78, 5) is 14.6. The number of nitrogens with one attached hydrogen (secondary N) is 2. The first-order chi connectivity index (χ1) is 11.3. The molecular formula is C17H28ClN3O3. The van der Waals surface area contributed by atoms with Crippen molar-refractivity contribution in [3.63, 3.8) is 0 Å². The van der Waals surface area contributed by atoms with Crippen LogP contribution >= 0.6 is 12.4 Å². The van der Waals surface area contributed by atoms with Crippen LogP contribution in [0.1, 0.15) is 16.8 Å². The summed E-state index contributed by atoms with van der Waals surface area (Å²) in [6.45, 7) is 6.95. The van der Waals surface area contributed by atoms with Crippen molar-refractivity contribution in [3.05, 3.63) is 29.8 Å². The van der Waals surface area contributed by atoms with E-state index in [1.165, 1.54) is 0 Å². The molecule has 0 radical (unpaired) electrons. The van der Waals surface area contributed by atoms with Crippen LogP contribution in [-0.4, -0.2) is 70.4 Å². The fourth-order valence-electron chi connectivity index (χ4n) is 2.48. The van der Waals surface area contributed by atoms with Gasteiger partial charge in [-0.25, -0.2) is 0 Å². The fourth-order valence-corrected chi connectivity index (χ4v) is 2.48. The molecule has 0 aromatic heterocycles. The number of piperazine rings is 1. The molecule has 0 bridgehead atoms. The van der Waals surface area contributed by atoms with E-state index < -0.39 is 0 Å². The van der Waals surface area contributed by atoms with Crippen LogP contribution in [0.3, 0.4) is 0 Å². The third-order valence-corrected chi connectivity index (χ3v) is 3.78. The molecule has 1 amide bonds. The number of carbonyl (C=O) groups excluding carboxylic acids is 1. The van der Waals surface area contributed by atoms with Crippen LogP contribution in [0.25, 0.3) is 0 Å². The van der Waals surface area contributed by atoms with E-state index in [1.807, 2.05) is 18.2 Å². The van der Waals surface area contributed by atoms with Crippen LogP contribution in [0.15, 0.2) is 24.3 Å². The van der Waals surface area contributed by atoms with Crippen molar-refractivity contribution in [1.82, 2.24) is 15.5 Å². The molecule has 0 saturated carbocycles. The quantitative estimate of drug-likeness (QED) is 0.649. The van der Waals surface area contributed by atoms with Crippen molar-refractivity contribution >= 4 is 18.3 Å². The summed E-state index contributed by atoms with van der Waals surface area (Å²) in [6.07, 6.45) is 0.831. The third kappa shape index (κ3) is 7.49. The van der Waals surface area contributed by atoms with E-state index in [9.17, 15) is 4.79 Å². The molecule has 2 N–H and O–H groups in total. The topological polar surface area (TPSA) is 62.8 Å². The molecule has 1 heterocycles. The number of benzene rings is 1. The van der Waals surface area contributed by atoms with Gasteiger partial charge in [-0.2, -0.15) is 0 Å². The smallest absolute Gasteiger partial charge is 0.251 e. The van der Waals surface area contributed by atoms with E-state index in [1.54, 1.807) is 13.2 Å². The number of nitrogens with zero attached hydrogens (tertiary/aromatic N) is 1. The second-order valence-corrected chi connectivity index (χ2v) is 5.57. The number of methoxy groups -OCH3 is 1. The lowest BCUT2D eigenvalue weighted by Gasteiger charge is -2.27. The van der Waals surface area contributed by atoms with E-state index >= 15 is 0 Å². The highest BCUT2D eigenvalue weighted by Crippen LogP contribution is 2.13. The van der Waals surface area contributed by atoms with E-state index in [2.05, 4.69) is 15.5 Å². The minimum atomic E-state index is -0.0533. The number of amides is 1. The van der Waals surface area contributed by atoms with Gasteiger partial charge in [0.15, 0.2) is 0 Å². The SMILES string of the molecule is COCCCOc1cccc(C(=O)NCCN2CCNCC2)c1.Cl. The van der Waals surface area contributed by atoms with E-state index in [4.69, 9.17) is 9.47 Å². The Morgan fingerprint density at radius 1 is 1.29 bits per heavy atom. The lowest BCUT2D eigenvalue weighted by Crippen LogP contribution is -2.46. The normalized spacial score (nSPS) is 14.7. The van der Waals surface area contributed by atoms with Gasteiger partial charge in [-0.3, -0.25) is 9.69 Å². The number of carbonyl (C=O) groups is 1. The van der Waals surface area contributed by atoms with E-state index in [0.717, 1.165) is 44.9 Å². The van der Waals surface area contributed by atoms with Gasteiger partial charge in [-0.05, 0) is 18.2 Å². The maximum absolute atomic E-state index is 12.2. The van der Waals surface area contributed by atoms with Crippen LogP contribution in [0.5, 0.6) is 5.75 Å². The molecule has 7 heteroatoms. The largest absolute Gasteiger partial charge is 0.493 e. The molecular weight excluding hydrogens is 330 g/mol. The Labute approximate surface area is 150 Å². The molecule has 24 heavy (non-hydrogen) atoms. The molecule has 0 spiro atoms. The van der Waals surface area contributed by atoms with Gasteiger partial charge in [0.05, 0.1) is 6.61 Å². The van der Waals surface area contributed by atoms with Crippen molar-refractivity contribution in [2.24, 2.45) is 0 Å². The highest BCUT2D eigenvalue weighted by atomic mass is 35.5. The minimum Gasteiger partial charge on any atom is -0.493 e. The van der Waals surface area contributed by atoms with Gasteiger partial charge in [0, 0.05) is 65.0 Å². The molecule has 0 aliphatic carbocycles. The maximum Gasteiger partial charge on any atom is 0.251 e. The summed E-state index contributed by atoms with van der Waals surface area (Å²) < 4.78 is 10.6. The second kappa shape index (κ2) is 12.1. The monoisotopic (exact) mass is 357 g/mol. The Hall–Kier alpha value is -1.34. The van der Waals surface area contributed by atoms with Crippen molar-refractivity contribution < 1.29 is 14.3 Å². The standard InChI is InChI=1S/C17H27N3O3.ClH/c1-22-12-3-13-23-16-5-2-4-15(14-16)17(21)19-8-11-20-9-6-18-7-10-20;/h2,4-5,14,18H,3,6-13H2,1H3,(H,19,21);1H. The van der Waals surface area contributed by atoms with Gasteiger partial charge < -0.3 is 20.1 Å². The van der Waals surface area contributed by atoms with Crippen molar-refractivity contribution in [1.29, 1.82) is 0 Å². The first-order valence-electron chi connectivity index (χ1n) is 8.22. The molecule has 136 valence electrons. The molecule has 1 aliphatic rings. The molecule has 1 aliphatic heterocycles. The number of halogens is 1. The van der Waals surface area contributed by atoms with E-state index in [-0.39, 0.29) is 18.3 Å². The van der Waals surface area contributed by atoms with Crippen LogP contribution in [0.2, 0.25) is 0 Å². The van der Waals surface area contributed by atoms with Crippen LogP contribution in [-0.2, 0) is 4.74 Å². The van der Waals surface area contributed by atoms with Crippen LogP contribution < -0.4 is 15.4 Å². The summed E-state index contributed by atoms with van der Waals surface area (Å²) >= 11 is 0. The molecule has 1 fully saturated rings. The number of hydrogen-bond acceptors (Lipinski definition) is 5. The zero-order valence-electron chi connectivity index (χ0n) is 14.3. The number of rotatable bonds is 9. The van der Waals surface area contributed by atoms with Gasteiger partial charge in [0.1, 0.15) is 5.75 Å². The van der Waals surface area contributed by atoms with Gasteiger partial charge in [-0.15, -0.1) is 12.4 Å². The predicted molar refractivity (Wildman–Crippen MR) is 97.3 cm³/mol. The van der Waals surface area contributed by atoms with Crippen LogP contribution in [0, 0.1) is 0 Å². The van der Waals surface area contributed by atoms with Crippen molar-refractivity contribution in [3.8, 4) is 5.75 Å². The average Bonchev–Trinajstić information content (AvgIpc) is 2.60. The third-order valence-electron chi connectivity index (χ3n) is 3.78. The fraction of sp³-hybridized carbons (Fsp3) is 0.588. The number of hydrogen-bond donors (Lipinski definition) is 2. The Kier molecular flexibility index (Phi) is 10.4. The van der Waals surface area contributed by atoms with Gasteiger partial charge in [0.2, 0.25) is 0 Å².